The zero-order valence-corrected chi connectivity index (χ0v) is 11.4. The monoisotopic (exact) mass is 282 g/mol. The van der Waals surface area contributed by atoms with Gasteiger partial charge in [0.05, 0.1) is 30.1 Å². The van der Waals surface area contributed by atoms with E-state index in [1.807, 2.05) is 18.2 Å². The fraction of sp³-hybridized carbons (Fsp3) is 0.0667. The summed E-state index contributed by atoms with van der Waals surface area (Å²) in [4.78, 5) is 12.4. The lowest BCUT2D eigenvalue weighted by molar-refractivity contribution is 0.102. The third-order valence-corrected chi connectivity index (χ3v) is 3.24. The van der Waals surface area contributed by atoms with Gasteiger partial charge in [-0.1, -0.05) is 6.07 Å². The molecule has 3 aromatic rings. The lowest BCUT2D eigenvalue weighted by Crippen LogP contribution is -2.14. The Morgan fingerprint density at radius 3 is 3.00 bits per heavy atom. The predicted octanol–water partition coefficient (Wildman–Crippen LogP) is 2.41. The molecule has 0 atom stereocenters. The number of nitrogens with one attached hydrogen (secondary N) is 2. The number of hydrogen-bond acceptors (Lipinski definition) is 4. The largest absolute Gasteiger partial charge is 0.497 e. The van der Waals surface area contributed by atoms with Crippen molar-refractivity contribution < 1.29 is 9.53 Å². The highest BCUT2D eigenvalue weighted by Gasteiger charge is 2.13. The molecule has 0 saturated heterocycles. The number of aromatic amines is 1. The van der Waals surface area contributed by atoms with E-state index in [0.29, 0.717) is 22.7 Å². The van der Waals surface area contributed by atoms with E-state index in [-0.39, 0.29) is 5.91 Å². The SMILES string of the molecule is COc1ccc(N)c(C(=O)Nc2cccc3[nH]ncc23)c1. The number of rotatable bonds is 3. The molecule has 0 bridgehead atoms. The van der Waals surface area contributed by atoms with Crippen molar-refractivity contribution in [2.45, 2.75) is 0 Å². The Morgan fingerprint density at radius 2 is 2.19 bits per heavy atom. The van der Waals surface area contributed by atoms with Gasteiger partial charge in [-0.15, -0.1) is 0 Å². The first kappa shape index (κ1) is 13.0. The highest BCUT2D eigenvalue weighted by Crippen LogP contribution is 2.24. The van der Waals surface area contributed by atoms with Crippen LogP contribution in [0.4, 0.5) is 11.4 Å². The summed E-state index contributed by atoms with van der Waals surface area (Å²) in [6.07, 6.45) is 1.67. The molecule has 0 radical (unpaired) electrons. The van der Waals surface area contributed by atoms with E-state index < -0.39 is 0 Å². The summed E-state index contributed by atoms with van der Waals surface area (Å²) in [7, 11) is 1.54. The van der Waals surface area contributed by atoms with Crippen LogP contribution in [0.5, 0.6) is 5.75 Å². The van der Waals surface area contributed by atoms with E-state index in [0.717, 1.165) is 10.9 Å². The number of amides is 1. The zero-order valence-electron chi connectivity index (χ0n) is 11.4. The minimum absolute atomic E-state index is 0.292. The number of hydrogen-bond donors (Lipinski definition) is 3. The molecule has 0 saturated carbocycles. The third kappa shape index (κ3) is 2.38. The Morgan fingerprint density at radius 1 is 1.33 bits per heavy atom. The van der Waals surface area contributed by atoms with E-state index >= 15 is 0 Å². The molecular formula is C15H14N4O2. The number of methoxy groups -OCH3 is 1. The third-order valence-electron chi connectivity index (χ3n) is 3.24. The van der Waals surface area contributed by atoms with Crippen LogP contribution in [0.1, 0.15) is 10.4 Å². The molecule has 0 unspecified atom stereocenters. The first-order chi connectivity index (χ1) is 10.2. The number of anilines is 2. The number of ether oxygens (including phenoxy) is 1. The Bertz CT molecular complexity index is 810. The van der Waals surface area contributed by atoms with Crippen molar-refractivity contribution in [3.05, 3.63) is 48.2 Å². The van der Waals surface area contributed by atoms with Crippen LogP contribution >= 0.6 is 0 Å². The van der Waals surface area contributed by atoms with Gasteiger partial charge in [0.15, 0.2) is 0 Å². The Balaban J connectivity index is 1.95. The molecule has 1 aromatic heterocycles. The summed E-state index contributed by atoms with van der Waals surface area (Å²) in [6.45, 7) is 0. The Kier molecular flexibility index (Phi) is 3.19. The molecule has 0 aliphatic carbocycles. The lowest BCUT2D eigenvalue weighted by atomic mass is 10.1. The van der Waals surface area contributed by atoms with Crippen molar-refractivity contribution in [2.24, 2.45) is 0 Å². The van der Waals surface area contributed by atoms with E-state index in [1.54, 1.807) is 31.5 Å². The maximum atomic E-state index is 12.4. The van der Waals surface area contributed by atoms with Crippen LogP contribution in [0.25, 0.3) is 10.9 Å². The maximum absolute atomic E-state index is 12.4. The van der Waals surface area contributed by atoms with Gasteiger partial charge >= 0.3 is 0 Å². The van der Waals surface area contributed by atoms with Gasteiger partial charge in [0.1, 0.15) is 5.75 Å². The van der Waals surface area contributed by atoms with Crippen molar-refractivity contribution in [2.75, 3.05) is 18.2 Å². The summed E-state index contributed by atoms with van der Waals surface area (Å²) in [5.41, 5.74) is 8.15. The van der Waals surface area contributed by atoms with Crippen LogP contribution in [0.15, 0.2) is 42.6 Å². The molecule has 0 spiro atoms. The van der Waals surface area contributed by atoms with Crippen molar-refractivity contribution in [3.8, 4) is 5.75 Å². The molecule has 3 rings (SSSR count). The second kappa shape index (κ2) is 5.16. The average Bonchev–Trinajstić information content (AvgIpc) is 2.97. The first-order valence-corrected chi connectivity index (χ1v) is 6.36. The molecular weight excluding hydrogens is 268 g/mol. The molecule has 4 N–H and O–H groups in total. The van der Waals surface area contributed by atoms with E-state index in [2.05, 4.69) is 15.5 Å². The molecule has 6 heteroatoms. The summed E-state index contributed by atoms with van der Waals surface area (Å²) >= 11 is 0. The standard InChI is InChI=1S/C15H14N4O2/c1-21-9-5-6-12(16)10(7-9)15(20)18-13-3-2-4-14-11(13)8-17-19-14/h2-8H,16H2,1H3,(H,17,19)(H,18,20). The van der Waals surface area contributed by atoms with Gasteiger partial charge in [0.2, 0.25) is 0 Å². The number of benzene rings is 2. The summed E-state index contributed by atoms with van der Waals surface area (Å²) < 4.78 is 5.12. The van der Waals surface area contributed by atoms with Gasteiger partial charge in [-0.3, -0.25) is 9.89 Å². The number of H-pyrrole nitrogens is 1. The van der Waals surface area contributed by atoms with Gasteiger partial charge in [-0.25, -0.2) is 0 Å². The van der Waals surface area contributed by atoms with Crippen molar-refractivity contribution in [1.29, 1.82) is 0 Å². The van der Waals surface area contributed by atoms with Crippen LogP contribution < -0.4 is 15.8 Å². The van der Waals surface area contributed by atoms with Gasteiger partial charge in [0.25, 0.3) is 5.91 Å². The fourth-order valence-electron chi connectivity index (χ4n) is 2.13. The molecule has 21 heavy (non-hydrogen) atoms. The van der Waals surface area contributed by atoms with Crippen LogP contribution in [0.3, 0.4) is 0 Å². The molecule has 0 aliphatic rings. The quantitative estimate of drug-likeness (QED) is 0.643. The topological polar surface area (TPSA) is 93.0 Å². The molecule has 1 amide bonds. The van der Waals surface area contributed by atoms with Crippen LogP contribution in [0, 0.1) is 0 Å². The number of carbonyl (C=O) groups is 1. The molecule has 2 aromatic carbocycles. The van der Waals surface area contributed by atoms with Crippen molar-refractivity contribution in [3.63, 3.8) is 0 Å². The zero-order chi connectivity index (χ0) is 14.8. The highest BCUT2D eigenvalue weighted by molar-refractivity contribution is 6.11. The molecule has 1 heterocycles. The molecule has 0 aliphatic heterocycles. The number of nitrogen functional groups attached to an aromatic ring is 1. The van der Waals surface area contributed by atoms with Crippen molar-refractivity contribution >= 4 is 28.2 Å². The van der Waals surface area contributed by atoms with Gasteiger partial charge < -0.3 is 15.8 Å². The number of fused-ring (bicyclic) bond motifs is 1. The second-order valence-corrected chi connectivity index (χ2v) is 4.54. The predicted molar refractivity (Wildman–Crippen MR) is 81.5 cm³/mol. The smallest absolute Gasteiger partial charge is 0.257 e. The van der Waals surface area contributed by atoms with Gasteiger partial charge in [-0.05, 0) is 30.3 Å². The summed E-state index contributed by atoms with van der Waals surface area (Å²) in [6, 6.07) is 10.5. The first-order valence-electron chi connectivity index (χ1n) is 6.36. The average molecular weight is 282 g/mol. The normalized spacial score (nSPS) is 10.5. The molecule has 106 valence electrons. The number of carbonyl (C=O) groups excluding carboxylic acids is 1. The molecule has 6 nitrogen and oxygen atoms in total. The number of aromatic nitrogens is 2. The number of nitrogens with two attached hydrogens (primary N) is 1. The second-order valence-electron chi connectivity index (χ2n) is 4.54. The number of nitrogens with zero attached hydrogens (tertiary/aromatic N) is 1. The van der Waals surface area contributed by atoms with Crippen LogP contribution in [-0.2, 0) is 0 Å². The van der Waals surface area contributed by atoms with E-state index in [9.17, 15) is 4.79 Å². The minimum atomic E-state index is -0.292. The molecule has 0 fully saturated rings. The summed E-state index contributed by atoms with van der Waals surface area (Å²) in [5, 5.41) is 10.5. The highest BCUT2D eigenvalue weighted by atomic mass is 16.5. The van der Waals surface area contributed by atoms with Crippen molar-refractivity contribution in [1.82, 2.24) is 10.2 Å². The van der Waals surface area contributed by atoms with E-state index in [4.69, 9.17) is 10.5 Å². The van der Waals surface area contributed by atoms with Gasteiger partial charge in [0, 0.05) is 11.1 Å². The maximum Gasteiger partial charge on any atom is 0.257 e. The van der Waals surface area contributed by atoms with Gasteiger partial charge in [-0.2, -0.15) is 5.10 Å². The minimum Gasteiger partial charge on any atom is -0.497 e. The summed E-state index contributed by atoms with van der Waals surface area (Å²) in [5.74, 6) is 0.288. The van der Waals surface area contributed by atoms with E-state index in [1.165, 1.54) is 0 Å². The Hall–Kier alpha value is -3.02. The van der Waals surface area contributed by atoms with Crippen LogP contribution in [-0.4, -0.2) is 23.2 Å². The lowest BCUT2D eigenvalue weighted by Gasteiger charge is -2.10. The Labute approximate surface area is 120 Å². The fourth-order valence-corrected chi connectivity index (χ4v) is 2.13. The van der Waals surface area contributed by atoms with Crippen LogP contribution in [0.2, 0.25) is 0 Å².